The Morgan fingerprint density at radius 2 is 1.65 bits per heavy atom. The molecule has 0 saturated carbocycles. The van der Waals surface area contributed by atoms with Crippen LogP contribution in [-0.4, -0.2) is 6.29 Å². The molecule has 2 nitrogen and oxygen atoms in total. The second-order valence-electron chi connectivity index (χ2n) is 6.18. The molecule has 2 heterocycles. The highest BCUT2D eigenvalue weighted by Crippen LogP contribution is 2.54. The summed E-state index contributed by atoms with van der Waals surface area (Å²) < 4.78 is 12.3. The summed E-state index contributed by atoms with van der Waals surface area (Å²) in [5.41, 5.74) is 2.36. The van der Waals surface area contributed by atoms with Crippen molar-refractivity contribution in [3.8, 4) is 5.75 Å². The van der Waals surface area contributed by atoms with Crippen molar-refractivity contribution in [1.29, 1.82) is 0 Å². The summed E-state index contributed by atoms with van der Waals surface area (Å²) in [6, 6.07) is 20.6. The van der Waals surface area contributed by atoms with Gasteiger partial charge in [-0.2, -0.15) is 0 Å². The van der Waals surface area contributed by atoms with Crippen LogP contribution in [0.1, 0.15) is 29.6 Å². The van der Waals surface area contributed by atoms with Gasteiger partial charge in [0.1, 0.15) is 5.75 Å². The van der Waals surface area contributed by atoms with E-state index in [4.69, 9.17) is 21.1 Å². The van der Waals surface area contributed by atoms with Gasteiger partial charge in [-0.25, -0.2) is 0 Å². The largest absolute Gasteiger partial charge is 0.464 e. The number of hydrogen-bond donors (Lipinski definition) is 0. The highest BCUT2D eigenvalue weighted by Gasteiger charge is 2.44. The van der Waals surface area contributed by atoms with Crippen LogP contribution in [0.15, 0.2) is 60.7 Å². The first kappa shape index (κ1) is 13.4. The molecule has 3 heteroatoms. The fourth-order valence-electron chi connectivity index (χ4n) is 3.83. The van der Waals surface area contributed by atoms with Gasteiger partial charge in [0.15, 0.2) is 0 Å². The van der Waals surface area contributed by atoms with Crippen LogP contribution in [0.3, 0.4) is 0 Å². The summed E-state index contributed by atoms with van der Waals surface area (Å²) in [6.07, 6.45) is 0.725. The van der Waals surface area contributed by atoms with Crippen molar-refractivity contribution in [2.24, 2.45) is 0 Å². The Kier molecular flexibility index (Phi) is 2.91. The molecule has 0 unspecified atom stereocenters. The van der Waals surface area contributed by atoms with E-state index in [-0.39, 0.29) is 18.3 Å². The Labute approximate surface area is 139 Å². The van der Waals surface area contributed by atoms with Crippen molar-refractivity contribution in [3.05, 3.63) is 76.8 Å². The molecule has 0 aliphatic carbocycles. The molecule has 0 radical (unpaired) electrons. The fraction of sp³-hybridized carbons (Fsp3) is 0.200. The minimum atomic E-state index is -0.178. The number of ether oxygens (including phenoxy) is 2. The van der Waals surface area contributed by atoms with Gasteiger partial charge < -0.3 is 9.47 Å². The van der Waals surface area contributed by atoms with E-state index in [0.29, 0.717) is 0 Å². The lowest BCUT2D eigenvalue weighted by Gasteiger charge is -2.25. The van der Waals surface area contributed by atoms with Crippen molar-refractivity contribution in [2.75, 3.05) is 0 Å². The number of rotatable bonds is 1. The number of benzene rings is 3. The van der Waals surface area contributed by atoms with Gasteiger partial charge in [-0.15, -0.1) is 0 Å². The zero-order valence-electron chi connectivity index (χ0n) is 12.4. The molecule has 0 spiro atoms. The van der Waals surface area contributed by atoms with Gasteiger partial charge in [0.2, 0.25) is 6.29 Å². The van der Waals surface area contributed by atoms with Crippen molar-refractivity contribution < 1.29 is 9.47 Å². The van der Waals surface area contributed by atoms with E-state index in [1.165, 1.54) is 5.56 Å². The molecule has 1 saturated heterocycles. The monoisotopic (exact) mass is 322 g/mol. The van der Waals surface area contributed by atoms with Crippen LogP contribution in [0.5, 0.6) is 5.75 Å². The molecule has 0 aromatic heterocycles. The average molecular weight is 323 g/mol. The summed E-state index contributed by atoms with van der Waals surface area (Å²) in [6.45, 7) is 0. The highest BCUT2D eigenvalue weighted by atomic mass is 35.5. The van der Waals surface area contributed by atoms with Crippen molar-refractivity contribution in [1.82, 2.24) is 0 Å². The fourth-order valence-corrected chi connectivity index (χ4v) is 4.11. The average Bonchev–Trinajstić information content (AvgIpc) is 2.95. The molecule has 1 fully saturated rings. The molecule has 114 valence electrons. The molecule has 2 aliphatic heterocycles. The number of halogens is 1. The van der Waals surface area contributed by atoms with Crippen LogP contribution < -0.4 is 4.74 Å². The van der Waals surface area contributed by atoms with Crippen LogP contribution in [0.4, 0.5) is 0 Å². The summed E-state index contributed by atoms with van der Waals surface area (Å²) >= 11 is 6.53. The van der Waals surface area contributed by atoms with Crippen molar-refractivity contribution >= 4 is 22.4 Å². The maximum absolute atomic E-state index is 6.53. The van der Waals surface area contributed by atoms with Gasteiger partial charge in [0, 0.05) is 33.7 Å². The van der Waals surface area contributed by atoms with E-state index < -0.39 is 0 Å². The van der Waals surface area contributed by atoms with E-state index in [1.54, 1.807) is 0 Å². The second kappa shape index (κ2) is 4.98. The topological polar surface area (TPSA) is 18.5 Å². The zero-order chi connectivity index (χ0) is 15.4. The molecule has 0 N–H and O–H groups in total. The van der Waals surface area contributed by atoms with E-state index in [1.807, 2.05) is 24.3 Å². The molecule has 5 rings (SSSR count). The maximum atomic E-state index is 6.53. The van der Waals surface area contributed by atoms with Gasteiger partial charge in [0.25, 0.3) is 0 Å². The number of hydrogen-bond acceptors (Lipinski definition) is 2. The quantitative estimate of drug-likeness (QED) is 0.592. The van der Waals surface area contributed by atoms with E-state index in [2.05, 4.69) is 36.4 Å². The third kappa shape index (κ3) is 1.99. The zero-order valence-corrected chi connectivity index (χ0v) is 13.2. The van der Waals surface area contributed by atoms with Gasteiger partial charge >= 0.3 is 0 Å². The molecule has 23 heavy (non-hydrogen) atoms. The van der Waals surface area contributed by atoms with E-state index in [9.17, 15) is 0 Å². The molecule has 3 aromatic rings. The van der Waals surface area contributed by atoms with Gasteiger partial charge in [-0.3, -0.25) is 0 Å². The summed E-state index contributed by atoms with van der Waals surface area (Å²) in [5.74, 6) is 1.22. The first-order valence-corrected chi connectivity index (χ1v) is 8.27. The third-order valence-electron chi connectivity index (χ3n) is 4.86. The molecule has 0 amide bonds. The highest BCUT2D eigenvalue weighted by molar-refractivity contribution is 6.36. The van der Waals surface area contributed by atoms with E-state index >= 15 is 0 Å². The summed E-state index contributed by atoms with van der Waals surface area (Å²) in [5, 5.41) is 2.88. The Bertz CT molecular complexity index is 891. The Morgan fingerprint density at radius 3 is 2.48 bits per heavy atom. The minimum Gasteiger partial charge on any atom is -0.464 e. The molecule has 2 aliphatic rings. The molecule has 3 atom stereocenters. The van der Waals surface area contributed by atoms with Crippen LogP contribution >= 0.6 is 11.6 Å². The van der Waals surface area contributed by atoms with Crippen molar-refractivity contribution in [3.63, 3.8) is 0 Å². The Hall–Kier alpha value is -2.03. The predicted molar refractivity (Wildman–Crippen MR) is 91.0 cm³/mol. The molecule has 2 bridgehead atoms. The normalized spacial score (nSPS) is 25.2. The first-order chi connectivity index (χ1) is 11.3. The Balaban J connectivity index is 1.70. The SMILES string of the molecule is Clc1cc2c(c3ccccc13)O[C@H]1C[C@@H]2[C@@H](c2ccccc2)O1. The van der Waals surface area contributed by atoms with Crippen molar-refractivity contribution in [2.45, 2.75) is 24.7 Å². The molecule has 3 aromatic carbocycles. The minimum absolute atomic E-state index is 0.0275. The lowest BCUT2D eigenvalue weighted by Crippen LogP contribution is -2.18. The van der Waals surface area contributed by atoms with Gasteiger partial charge in [0.05, 0.1) is 6.10 Å². The standard InChI is InChI=1S/C20H15ClO2/c21-17-10-15-16-11-18(22-19(16)12-6-2-1-3-7-12)23-20(15)14-9-5-4-8-13(14)17/h1-10,16,18-19H,11H2/t16-,18-,19+/m0/s1. The van der Waals surface area contributed by atoms with Crippen LogP contribution in [-0.2, 0) is 4.74 Å². The predicted octanol–water partition coefficient (Wildman–Crippen LogP) is 5.46. The van der Waals surface area contributed by atoms with Gasteiger partial charge in [-0.1, -0.05) is 66.2 Å². The molecular weight excluding hydrogens is 308 g/mol. The second-order valence-corrected chi connectivity index (χ2v) is 6.59. The van der Waals surface area contributed by atoms with Crippen LogP contribution in [0.2, 0.25) is 5.02 Å². The van der Waals surface area contributed by atoms with E-state index in [0.717, 1.165) is 33.5 Å². The Morgan fingerprint density at radius 1 is 0.913 bits per heavy atom. The van der Waals surface area contributed by atoms with Crippen LogP contribution in [0, 0.1) is 0 Å². The maximum Gasteiger partial charge on any atom is 0.201 e. The smallest absolute Gasteiger partial charge is 0.201 e. The molecular formula is C20H15ClO2. The van der Waals surface area contributed by atoms with Gasteiger partial charge in [-0.05, 0) is 11.6 Å². The lowest BCUT2D eigenvalue weighted by molar-refractivity contribution is -0.0703. The summed E-state index contributed by atoms with van der Waals surface area (Å²) in [4.78, 5) is 0. The third-order valence-corrected chi connectivity index (χ3v) is 5.17. The lowest BCUT2D eigenvalue weighted by atomic mass is 9.85. The first-order valence-electron chi connectivity index (χ1n) is 7.89. The van der Waals surface area contributed by atoms with Crippen LogP contribution in [0.25, 0.3) is 10.8 Å². The number of fused-ring (bicyclic) bond motifs is 6. The summed E-state index contributed by atoms with van der Waals surface area (Å²) in [7, 11) is 0.